The highest BCUT2D eigenvalue weighted by Crippen LogP contribution is 2.24. The number of hydrogen-bond acceptors (Lipinski definition) is 4. The van der Waals surface area contributed by atoms with Crippen molar-refractivity contribution < 1.29 is 24.5 Å². The Morgan fingerprint density at radius 1 is 1.57 bits per heavy atom. The van der Waals surface area contributed by atoms with Crippen LogP contribution in [0.25, 0.3) is 0 Å². The van der Waals surface area contributed by atoms with Crippen LogP contribution in [0.5, 0.6) is 0 Å². The monoisotopic (exact) mass is 204 g/mol. The molecule has 1 saturated heterocycles. The molecule has 0 aromatic heterocycles. The first kappa shape index (κ1) is 11.4. The van der Waals surface area contributed by atoms with E-state index in [4.69, 9.17) is 19.7 Å². The van der Waals surface area contributed by atoms with E-state index in [1.165, 1.54) is 0 Å². The number of aliphatic hydroxyl groups excluding tert-OH is 1. The van der Waals surface area contributed by atoms with Crippen molar-refractivity contribution in [2.24, 2.45) is 0 Å². The molecule has 82 valence electrons. The molecular formula is C9H16O5. The smallest absolute Gasteiger partial charge is 0.338 e. The van der Waals surface area contributed by atoms with E-state index >= 15 is 0 Å². The number of rotatable bonds is 5. The molecule has 0 spiro atoms. The van der Waals surface area contributed by atoms with Gasteiger partial charge in [0.25, 0.3) is 0 Å². The van der Waals surface area contributed by atoms with Crippen LogP contribution in [-0.4, -0.2) is 48.2 Å². The summed E-state index contributed by atoms with van der Waals surface area (Å²) in [6.45, 7) is 0.967. The highest BCUT2D eigenvalue weighted by atomic mass is 16.6. The van der Waals surface area contributed by atoms with Gasteiger partial charge in [0.15, 0.2) is 5.60 Å². The lowest BCUT2D eigenvalue weighted by Crippen LogP contribution is -2.48. The molecule has 1 aliphatic heterocycles. The topological polar surface area (TPSA) is 76.0 Å². The van der Waals surface area contributed by atoms with E-state index in [2.05, 4.69) is 0 Å². The SMILES string of the molecule is O=C(O)C1(OCCCO)CCCOC1. The van der Waals surface area contributed by atoms with Gasteiger partial charge in [-0.3, -0.25) is 0 Å². The molecule has 0 saturated carbocycles. The Labute approximate surface area is 82.6 Å². The fraction of sp³-hybridized carbons (Fsp3) is 0.889. The molecule has 0 amide bonds. The first-order chi connectivity index (χ1) is 6.71. The van der Waals surface area contributed by atoms with Gasteiger partial charge in [0.2, 0.25) is 0 Å². The second kappa shape index (κ2) is 5.29. The van der Waals surface area contributed by atoms with E-state index in [0.717, 1.165) is 0 Å². The molecule has 1 unspecified atom stereocenters. The van der Waals surface area contributed by atoms with E-state index in [1.807, 2.05) is 0 Å². The van der Waals surface area contributed by atoms with Crippen molar-refractivity contribution in [1.29, 1.82) is 0 Å². The van der Waals surface area contributed by atoms with Crippen LogP contribution in [0.1, 0.15) is 19.3 Å². The van der Waals surface area contributed by atoms with E-state index in [9.17, 15) is 4.79 Å². The average Bonchev–Trinajstić information content (AvgIpc) is 2.19. The number of ether oxygens (including phenoxy) is 2. The number of aliphatic hydroxyl groups is 1. The lowest BCUT2D eigenvalue weighted by Gasteiger charge is -2.32. The van der Waals surface area contributed by atoms with Crippen LogP contribution in [0, 0.1) is 0 Å². The molecule has 14 heavy (non-hydrogen) atoms. The predicted octanol–water partition coefficient (Wildman–Crippen LogP) is 0.0192. The third-order valence-corrected chi connectivity index (χ3v) is 2.28. The van der Waals surface area contributed by atoms with Crippen LogP contribution in [0.2, 0.25) is 0 Å². The maximum Gasteiger partial charge on any atom is 0.338 e. The fourth-order valence-electron chi connectivity index (χ4n) is 1.45. The second-order valence-electron chi connectivity index (χ2n) is 3.38. The largest absolute Gasteiger partial charge is 0.479 e. The maximum atomic E-state index is 11.0. The minimum absolute atomic E-state index is 0.0105. The van der Waals surface area contributed by atoms with Gasteiger partial charge >= 0.3 is 5.97 Å². The van der Waals surface area contributed by atoms with Crippen molar-refractivity contribution in [2.75, 3.05) is 26.4 Å². The zero-order chi connectivity index (χ0) is 10.4. The van der Waals surface area contributed by atoms with E-state index in [0.29, 0.717) is 25.9 Å². The minimum Gasteiger partial charge on any atom is -0.479 e. The zero-order valence-electron chi connectivity index (χ0n) is 8.07. The summed E-state index contributed by atoms with van der Waals surface area (Å²) in [5.74, 6) is -0.977. The van der Waals surface area contributed by atoms with E-state index < -0.39 is 11.6 Å². The normalized spacial score (nSPS) is 27.5. The predicted molar refractivity (Wildman–Crippen MR) is 48.1 cm³/mol. The second-order valence-corrected chi connectivity index (χ2v) is 3.38. The molecule has 2 N–H and O–H groups in total. The third-order valence-electron chi connectivity index (χ3n) is 2.28. The summed E-state index contributed by atoms with van der Waals surface area (Å²) in [7, 11) is 0. The Bertz CT molecular complexity index is 186. The number of hydrogen-bond donors (Lipinski definition) is 2. The quantitative estimate of drug-likeness (QED) is 0.617. The van der Waals surface area contributed by atoms with E-state index in [1.54, 1.807) is 0 Å². The maximum absolute atomic E-state index is 11.0. The first-order valence-electron chi connectivity index (χ1n) is 4.77. The molecule has 5 heteroatoms. The molecule has 1 fully saturated rings. The standard InChI is InChI=1S/C9H16O5/c10-4-2-6-14-9(8(11)12)3-1-5-13-7-9/h10H,1-7H2,(H,11,12). The molecule has 1 heterocycles. The van der Waals surface area contributed by atoms with Crippen molar-refractivity contribution in [3.8, 4) is 0 Å². The van der Waals surface area contributed by atoms with Gasteiger partial charge in [-0.15, -0.1) is 0 Å². The van der Waals surface area contributed by atoms with Gasteiger partial charge in [-0.05, 0) is 19.3 Å². The third kappa shape index (κ3) is 2.67. The molecular weight excluding hydrogens is 188 g/mol. The van der Waals surface area contributed by atoms with Crippen molar-refractivity contribution in [1.82, 2.24) is 0 Å². The lowest BCUT2D eigenvalue weighted by atomic mass is 9.96. The summed E-state index contributed by atoms with van der Waals surface area (Å²) in [5.41, 5.74) is -1.19. The average molecular weight is 204 g/mol. The van der Waals surface area contributed by atoms with Gasteiger partial charge in [0.1, 0.15) is 0 Å². The van der Waals surface area contributed by atoms with Gasteiger partial charge in [-0.1, -0.05) is 0 Å². The zero-order valence-corrected chi connectivity index (χ0v) is 8.07. The molecule has 5 nitrogen and oxygen atoms in total. The Morgan fingerprint density at radius 2 is 2.36 bits per heavy atom. The fourth-order valence-corrected chi connectivity index (χ4v) is 1.45. The van der Waals surface area contributed by atoms with Gasteiger partial charge in [0.05, 0.1) is 13.2 Å². The molecule has 0 aromatic rings. The number of carboxylic acids is 1. The van der Waals surface area contributed by atoms with Crippen LogP contribution in [0.15, 0.2) is 0 Å². The highest BCUT2D eigenvalue weighted by molar-refractivity contribution is 5.77. The molecule has 0 radical (unpaired) electrons. The Hall–Kier alpha value is -0.650. The molecule has 0 aliphatic carbocycles. The first-order valence-corrected chi connectivity index (χ1v) is 4.77. The summed E-state index contributed by atoms with van der Waals surface area (Å²) in [5, 5.41) is 17.6. The van der Waals surface area contributed by atoms with Crippen LogP contribution < -0.4 is 0 Å². The van der Waals surface area contributed by atoms with Crippen LogP contribution in [-0.2, 0) is 14.3 Å². The van der Waals surface area contributed by atoms with Crippen molar-refractivity contribution in [2.45, 2.75) is 24.9 Å². The summed E-state index contributed by atoms with van der Waals surface area (Å²) in [6.07, 6.45) is 1.63. The molecule has 1 atom stereocenters. The number of aliphatic carboxylic acids is 1. The Kier molecular flexibility index (Phi) is 4.31. The molecule has 0 aromatic carbocycles. The molecule has 0 bridgehead atoms. The minimum atomic E-state index is -1.19. The van der Waals surface area contributed by atoms with Crippen LogP contribution in [0.4, 0.5) is 0 Å². The molecule has 1 rings (SSSR count). The number of carbonyl (C=O) groups is 1. The van der Waals surface area contributed by atoms with Crippen molar-refractivity contribution >= 4 is 5.97 Å². The van der Waals surface area contributed by atoms with E-state index in [-0.39, 0.29) is 19.8 Å². The van der Waals surface area contributed by atoms with Crippen molar-refractivity contribution in [3.05, 3.63) is 0 Å². The summed E-state index contributed by atoms with van der Waals surface area (Å²) >= 11 is 0. The van der Waals surface area contributed by atoms with Crippen LogP contribution >= 0.6 is 0 Å². The van der Waals surface area contributed by atoms with Crippen LogP contribution in [0.3, 0.4) is 0 Å². The van der Waals surface area contributed by atoms with Gasteiger partial charge in [-0.2, -0.15) is 0 Å². The highest BCUT2D eigenvalue weighted by Gasteiger charge is 2.41. The molecule has 1 aliphatic rings. The van der Waals surface area contributed by atoms with Gasteiger partial charge in [-0.25, -0.2) is 4.79 Å². The van der Waals surface area contributed by atoms with Gasteiger partial charge in [0, 0.05) is 13.2 Å². The van der Waals surface area contributed by atoms with Gasteiger partial charge < -0.3 is 19.7 Å². The van der Waals surface area contributed by atoms with Crippen molar-refractivity contribution in [3.63, 3.8) is 0 Å². The summed E-state index contributed by atoms with van der Waals surface area (Å²) < 4.78 is 10.4. The summed E-state index contributed by atoms with van der Waals surface area (Å²) in [6, 6.07) is 0. The Morgan fingerprint density at radius 3 is 2.86 bits per heavy atom. The number of carboxylic acid groups (broad SMARTS) is 1. The lowest BCUT2D eigenvalue weighted by molar-refractivity contribution is -0.184. The Balaban J connectivity index is 2.47. The summed E-state index contributed by atoms with van der Waals surface area (Å²) in [4.78, 5) is 11.0.